The first kappa shape index (κ1) is 16.0. The maximum atomic E-state index is 12.4. The van der Waals surface area contributed by atoms with Gasteiger partial charge >= 0.3 is 5.97 Å². The summed E-state index contributed by atoms with van der Waals surface area (Å²) in [5.41, 5.74) is 0. The molecule has 1 fully saturated rings. The molecule has 2 atom stereocenters. The van der Waals surface area contributed by atoms with Crippen LogP contribution in [0.4, 0.5) is 0 Å². The minimum Gasteiger partial charge on any atom is -0.479 e. The van der Waals surface area contributed by atoms with Gasteiger partial charge in [-0.25, -0.2) is 4.79 Å². The van der Waals surface area contributed by atoms with Crippen LogP contribution in [0.3, 0.4) is 0 Å². The van der Waals surface area contributed by atoms with Crippen molar-refractivity contribution < 1.29 is 19.4 Å². The molecule has 1 N–H and O–H groups in total. The fraction of sp³-hybridized carbons (Fsp3) is 0.429. The van der Waals surface area contributed by atoms with Crippen molar-refractivity contribution >= 4 is 34.8 Å². The largest absolute Gasteiger partial charge is 0.479 e. The molecule has 1 saturated heterocycles. The number of hydrogen-bond donors (Lipinski definition) is 1. The highest BCUT2D eigenvalue weighted by Gasteiger charge is 2.36. The SMILES string of the molecule is C=CCN(Cc1ccc(Cl)s1)C(=O)C1CCC(C(=O)O)O1. The van der Waals surface area contributed by atoms with E-state index in [0.29, 0.717) is 30.3 Å². The summed E-state index contributed by atoms with van der Waals surface area (Å²) in [6, 6.07) is 3.65. The van der Waals surface area contributed by atoms with Crippen molar-refractivity contribution in [1.82, 2.24) is 4.90 Å². The van der Waals surface area contributed by atoms with Crippen molar-refractivity contribution in [3.05, 3.63) is 34.0 Å². The maximum Gasteiger partial charge on any atom is 0.332 e. The summed E-state index contributed by atoms with van der Waals surface area (Å²) in [4.78, 5) is 25.9. The second-order valence-electron chi connectivity index (χ2n) is 4.74. The third kappa shape index (κ3) is 4.06. The normalized spacial score (nSPS) is 21.2. The smallest absolute Gasteiger partial charge is 0.332 e. The van der Waals surface area contributed by atoms with Crippen molar-refractivity contribution in [1.29, 1.82) is 0 Å². The molecule has 0 aromatic carbocycles. The van der Waals surface area contributed by atoms with Gasteiger partial charge in [0.2, 0.25) is 0 Å². The van der Waals surface area contributed by atoms with Crippen molar-refractivity contribution in [3.8, 4) is 0 Å². The van der Waals surface area contributed by atoms with Crippen LogP contribution in [0.15, 0.2) is 24.8 Å². The van der Waals surface area contributed by atoms with Gasteiger partial charge < -0.3 is 14.7 Å². The zero-order valence-electron chi connectivity index (χ0n) is 11.3. The summed E-state index contributed by atoms with van der Waals surface area (Å²) in [7, 11) is 0. The molecule has 1 aromatic rings. The van der Waals surface area contributed by atoms with Gasteiger partial charge in [-0.1, -0.05) is 17.7 Å². The van der Waals surface area contributed by atoms with Crippen LogP contribution in [0.25, 0.3) is 0 Å². The third-order valence-electron chi connectivity index (χ3n) is 3.21. The Bertz CT molecular complexity index is 545. The van der Waals surface area contributed by atoms with Gasteiger partial charge in [-0.05, 0) is 25.0 Å². The number of carbonyl (C=O) groups is 2. The maximum absolute atomic E-state index is 12.4. The summed E-state index contributed by atoms with van der Waals surface area (Å²) in [6.07, 6.45) is 0.839. The molecule has 0 saturated carbocycles. The average Bonchev–Trinajstić information content (AvgIpc) is 3.06. The molecule has 0 aliphatic carbocycles. The Morgan fingerprint density at radius 1 is 1.48 bits per heavy atom. The van der Waals surface area contributed by atoms with Crippen LogP contribution >= 0.6 is 22.9 Å². The van der Waals surface area contributed by atoms with Crippen molar-refractivity contribution in [3.63, 3.8) is 0 Å². The van der Waals surface area contributed by atoms with Crippen molar-refractivity contribution in [2.75, 3.05) is 6.54 Å². The van der Waals surface area contributed by atoms with Crippen LogP contribution < -0.4 is 0 Å². The molecule has 7 heteroatoms. The second-order valence-corrected chi connectivity index (χ2v) is 6.54. The molecule has 2 unspecified atom stereocenters. The predicted octanol–water partition coefficient (Wildman–Crippen LogP) is 2.55. The topological polar surface area (TPSA) is 66.8 Å². The van der Waals surface area contributed by atoms with Gasteiger partial charge in [0.15, 0.2) is 6.10 Å². The van der Waals surface area contributed by atoms with Crippen LogP contribution in [0, 0.1) is 0 Å². The van der Waals surface area contributed by atoms with Gasteiger partial charge in [-0.3, -0.25) is 4.79 Å². The number of carboxylic acid groups (broad SMARTS) is 1. The fourth-order valence-corrected chi connectivity index (χ4v) is 3.32. The van der Waals surface area contributed by atoms with E-state index >= 15 is 0 Å². The molecule has 0 bridgehead atoms. The molecule has 1 aromatic heterocycles. The number of amides is 1. The second kappa shape index (κ2) is 7.06. The van der Waals surface area contributed by atoms with E-state index in [1.165, 1.54) is 11.3 Å². The third-order valence-corrected chi connectivity index (χ3v) is 4.42. The molecule has 114 valence electrons. The number of nitrogens with zero attached hydrogens (tertiary/aromatic N) is 1. The Labute approximate surface area is 131 Å². The summed E-state index contributed by atoms with van der Waals surface area (Å²) in [5.74, 6) is -1.23. The molecule has 5 nitrogen and oxygen atoms in total. The Kier molecular flexibility index (Phi) is 5.39. The van der Waals surface area contributed by atoms with Gasteiger partial charge in [0.25, 0.3) is 5.91 Å². The first-order valence-electron chi connectivity index (χ1n) is 6.53. The van der Waals surface area contributed by atoms with E-state index < -0.39 is 18.2 Å². The molecular formula is C14H16ClNO4S. The number of aliphatic carboxylic acids is 1. The minimum atomic E-state index is -1.02. The lowest BCUT2D eigenvalue weighted by Gasteiger charge is -2.23. The predicted molar refractivity (Wildman–Crippen MR) is 80.5 cm³/mol. The van der Waals surface area contributed by atoms with E-state index in [-0.39, 0.29) is 5.91 Å². The van der Waals surface area contributed by atoms with Gasteiger partial charge in [-0.2, -0.15) is 0 Å². The van der Waals surface area contributed by atoms with Gasteiger partial charge in [0.1, 0.15) is 6.10 Å². The van der Waals surface area contributed by atoms with E-state index in [9.17, 15) is 9.59 Å². The highest BCUT2D eigenvalue weighted by atomic mass is 35.5. The summed E-state index contributed by atoms with van der Waals surface area (Å²) in [5, 5.41) is 8.91. The van der Waals surface area contributed by atoms with E-state index in [0.717, 1.165) is 4.88 Å². The zero-order chi connectivity index (χ0) is 15.4. The molecule has 0 radical (unpaired) electrons. The Morgan fingerprint density at radius 3 is 2.71 bits per heavy atom. The van der Waals surface area contributed by atoms with Crippen LogP contribution in [-0.4, -0.2) is 40.6 Å². The van der Waals surface area contributed by atoms with Crippen molar-refractivity contribution in [2.24, 2.45) is 0 Å². The zero-order valence-corrected chi connectivity index (χ0v) is 12.9. The molecule has 2 rings (SSSR count). The number of rotatable bonds is 6. The Hall–Kier alpha value is -1.37. The van der Waals surface area contributed by atoms with Crippen LogP contribution in [0.1, 0.15) is 17.7 Å². The highest BCUT2D eigenvalue weighted by Crippen LogP contribution is 2.25. The average molecular weight is 330 g/mol. The molecule has 1 aliphatic heterocycles. The van der Waals surface area contributed by atoms with E-state index in [4.69, 9.17) is 21.4 Å². The van der Waals surface area contributed by atoms with Gasteiger partial charge in [0, 0.05) is 11.4 Å². The molecular weight excluding hydrogens is 314 g/mol. The number of ether oxygens (including phenoxy) is 1. The van der Waals surface area contributed by atoms with Gasteiger partial charge in [-0.15, -0.1) is 17.9 Å². The Balaban J connectivity index is 2.02. The number of carboxylic acids is 1. The van der Waals surface area contributed by atoms with E-state index in [1.54, 1.807) is 17.0 Å². The first-order valence-corrected chi connectivity index (χ1v) is 7.73. The van der Waals surface area contributed by atoms with Crippen LogP contribution in [0.2, 0.25) is 4.34 Å². The first-order chi connectivity index (χ1) is 10.0. The minimum absolute atomic E-state index is 0.205. The number of halogens is 1. The summed E-state index contributed by atoms with van der Waals surface area (Å²) < 4.78 is 5.97. The lowest BCUT2D eigenvalue weighted by molar-refractivity contribution is -0.154. The number of hydrogen-bond acceptors (Lipinski definition) is 4. The highest BCUT2D eigenvalue weighted by molar-refractivity contribution is 7.16. The van der Waals surface area contributed by atoms with Crippen LogP contribution in [-0.2, 0) is 20.9 Å². The number of thiophene rings is 1. The monoisotopic (exact) mass is 329 g/mol. The quantitative estimate of drug-likeness (QED) is 0.814. The lowest BCUT2D eigenvalue weighted by atomic mass is 10.2. The van der Waals surface area contributed by atoms with Crippen LogP contribution in [0.5, 0.6) is 0 Å². The molecule has 1 amide bonds. The van der Waals surface area contributed by atoms with Gasteiger partial charge in [0.05, 0.1) is 10.9 Å². The standard InChI is InChI=1S/C14H16ClNO4S/c1-2-7-16(8-9-3-6-12(15)21-9)13(17)10-4-5-11(20-10)14(18)19/h2-3,6,10-11H,1,4-5,7-8H2,(H,18,19). The van der Waals surface area contributed by atoms with Crippen molar-refractivity contribution in [2.45, 2.75) is 31.6 Å². The molecule has 0 spiro atoms. The van der Waals surface area contributed by atoms with E-state index in [2.05, 4.69) is 6.58 Å². The summed E-state index contributed by atoms with van der Waals surface area (Å²) in [6.45, 7) is 4.45. The number of carbonyl (C=O) groups excluding carboxylic acids is 1. The fourth-order valence-electron chi connectivity index (χ4n) is 2.22. The molecule has 2 heterocycles. The summed E-state index contributed by atoms with van der Waals surface area (Å²) >= 11 is 7.30. The lowest BCUT2D eigenvalue weighted by Crippen LogP contribution is -2.39. The van der Waals surface area contributed by atoms with E-state index in [1.807, 2.05) is 6.07 Å². The molecule has 1 aliphatic rings. The Morgan fingerprint density at radius 2 is 2.19 bits per heavy atom. The molecule has 21 heavy (non-hydrogen) atoms.